The summed E-state index contributed by atoms with van der Waals surface area (Å²) >= 11 is 0. The van der Waals surface area contributed by atoms with Crippen molar-refractivity contribution in [1.82, 2.24) is 5.32 Å². The van der Waals surface area contributed by atoms with Crippen molar-refractivity contribution in [3.05, 3.63) is 60.8 Å². The lowest BCUT2D eigenvalue weighted by atomic mass is 10.0. The van der Waals surface area contributed by atoms with Crippen molar-refractivity contribution >= 4 is 11.9 Å². The molecular formula is C53H95NO5. The molecule has 3 N–H and O–H groups in total. The first kappa shape index (κ1) is 56.6. The summed E-state index contributed by atoms with van der Waals surface area (Å²) in [5.41, 5.74) is 0. The fourth-order valence-electron chi connectivity index (χ4n) is 7.36. The highest BCUT2D eigenvalue weighted by Gasteiger charge is 2.24. The molecule has 0 radical (unpaired) electrons. The van der Waals surface area contributed by atoms with Gasteiger partial charge in [0.25, 0.3) is 0 Å². The molecule has 1 amide bonds. The van der Waals surface area contributed by atoms with Crippen molar-refractivity contribution in [3.8, 4) is 0 Å². The third kappa shape index (κ3) is 42.1. The van der Waals surface area contributed by atoms with E-state index in [9.17, 15) is 19.8 Å². The molecule has 0 saturated heterocycles. The number of aliphatic hydroxyl groups excluding tert-OH is 2. The minimum Gasteiger partial charge on any atom is -0.462 e. The van der Waals surface area contributed by atoms with Crippen molar-refractivity contribution in [3.63, 3.8) is 0 Å². The molecule has 0 aromatic heterocycles. The molecule has 0 aliphatic rings. The second-order valence-corrected chi connectivity index (χ2v) is 16.9. The van der Waals surface area contributed by atoms with E-state index in [0.29, 0.717) is 19.3 Å². The Morgan fingerprint density at radius 1 is 0.508 bits per heavy atom. The minimum absolute atomic E-state index is 0.0471. The lowest BCUT2D eigenvalue weighted by molar-refractivity contribution is -0.151. The first-order valence-electron chi connectivity index (χ1n) is 25.1. The van der Waals surface area contributed by atoms with Gasteiger partial charge in [-0.1, -0.05) is 223 Å². The van der Waals surface area contributed by atoms with Gasteiger partial charge in [0.05, 0.1) is 25.2 Å². The summed E-state index contributed by atoms with van der Waals surface area (Å²) < 4.78 is 5.89. The van der Waals surface area contributed by atoms with Crippen LogP contribution in [-0.2, 0) is 14.3 Å². The Morgan fingerprint density at radius 2 is 0.949 bits per heavy atom. The first-order chi connectivity index (χ1) is 29.0. The summed E-state index contributed by atoms with van der Waals surface area (Å²) in [5, 5.41) is 23.7. The van der Waals surface area contributed by atoms with Gasteiger partial charge in [0, 0.05) is 6.42 Å². The molecule has 59 heavy (non-hydrogen) atoms. The summed E-state index contributed by atoms with van der Waals surface area (Å²) in [7, 11) is 0. The number of amides is 1. The third-order valence-corrected chi connectivity index (χ3v) is 11.2. The summed E-state index contributed by atoms with van der Waals surface area (Å²) in [6.07, 6.45) is 57.1. The molecule has 3 atom stereocenters. The Bertz CT molecular complexity index is 1060. The lowest BCUT2D eigenvalue weighted by Crippen LogP contribution is -2.46. The number of carbonyl (C=O) groups is 2. The average Bonchev–Trinajstić information content (AvgIpc) is 3.23. The Kier molecular flexibility index (Phi) is 44.7. The van der Waals surface area contributed by atoms with Crippen LogP contribution >= 0.6 is 0 Å². The summed E-state index contributed by atoms with van der Waals surface area (Å²) in [6.45, 7) is 6.29. The highest BCUT2D eigenvalue weighted by molar-refractivity contribution is 5.77. The fourth-order valence-corrected chi connectivity index (χ4v) is 7.36. The Morgan fingerprint density at radius 3 is 1.51 bits per heavy atom. The second kappa shape index (κ2) is 46.6. The van der Waals surface area contributed by atoms with E-state index in [1.807, 2.05) is 24.3 Å². The van der Waals surface area contributed by atoms with Gasteiger partial charge in [0.1, 0.15) is 6.10 Å². The number of ether oxygens (including phenoxy) is 1. The molecule has 0 aromatic rings. The van der Waals surface area contributed by atoms with Gasteiger partial charge in [-0.05, 0) is 64.2 Å². The fraction of sp³-hybridized carbons (Fsp3) is 0.774. The minimum atomic E-state index is -0.800. The van der Waals surface area contributed by atoms with Gasteiger partial charge in [0.2, 0.25) is 5.91 Å². The lowest BCUT2D eigenvalue weighted by Gasteiger charge is -2.24. The van der Waals surface area contributed by atoms with E-state index in [2.05, 4.69) is 62.5 Å². The quantitative estimate of drug-likeness (QED) is 0.0246. The number of esters is 1. The van der Waals surface area contributed by atoms with Crippen LogP contribution in [0.5, 0.6) is 0 Å². The Hall–Kier alpha value is -2.44. The SMILES string of the molecule is CC/C=C/C=C/C=C/C=C\CCCCCC(CC(=O)NC(CO)C(O)CCCCCCCCCCCCCCCCCC)OC(=O)CCCCCCC/C=C\CCCC. The van der Waals surface area contributed by atoms with Gasteiger partial charge in [-0.15, -0.1) is 0 Å². The van der Waals surface area contributed by atoms with Crippen molar-refractivity contribution in [2.75, 3.05) is 6.61 Å². The predicted octanol–water partition coefficient (Wildman–Crippen LogP) is 14.8. The normalized spacial score (nSPS) is 13.8. The van der Waals surface area contributed by atoms with Gasteiger partial charge in [-0.3, -0.25) is 9.59 Å². The highest BCUT2D eigenvalue weighted by Crippen LogP contribution is 2.17. The summed E-state index contributed by atoms with van der Waals surface area (Å²) in [6, 6.07) is -0.717. The molecule has 0 bridgehead atoms. The number of hydrogen-bond donors (Lipinski definition) is 3. The van der Waals surface area contributed by atoms with Crippen LogP contribution < -0.4 is 5.32 Å². The van der Waals surface area contributed by atoms with Crippen LogP contribution in [0.3, 0.4) is 0 Å². The Labute approximate surface area is 365 Å². The topological polar surface area (TPSA) is 95.9 Å². The van der Waals surface area contributed by atoms with Crippen molar-refractivity contribution in [1.29, 1.82) is 0 Å². The van der Waals surface area contributed by atoms with E-state index in [4.69, 9.17) is 4.74 Å². The van der Waals surface area contributed by atoms with Crippen molar-refractivity contribution in [2.45, 2.75) is 257 Å². The third-order valence-electron chi connectivity index (χ3n) is 11.2. The van der Waals surface area contributed by atoms with Crippen LogP contribution in [0.1, 0.15) is 239 Å². The van der Waals surface area contributed by atoms with Crippen molar-refractivity contribution in [2.24, 2.45) is 0 Å². The number of unbranched alkanes of at least 4 members (excludes halogenated alkanes) is 25. The van der Waals surface area contributed by atoms with E-state index in [0.717, 1.165) is 77.0 Å². The maximum Gasteiger partial charge on any atom is 0.306 e. The summed E-state index contributed by atoms with van der Waals surface area (Å²) in [5.74, 6) is -0.525. The summed E-state index contributed by atoms with van der Waals surface area (Å²) in [4.78, 5) is 26.0. The Balaban J connectivity index is 4.58. The van der Waals surface area contributed by atoms with Gasteiger partial charge < -0.3 is 20.3 Å². The number of hydrogen-bond acceptors (Lipinski definition) is 5. The molecule has 3 unspecified atom stereocenters. The standard InChI is InChI=1S/C53H95NO5/c1-4-7-10-13-16-19-22-24-25-26-28-31-33-36-39-42-45-51(56)50(48-55)54-52(57)47-49(44-41-38-35-32-30-27-23-20-17-14-11-8-5-2)59-53(58)46-43-40-37-34-29-21-18-15-12-9-6-3/h8,11,14-15,17-18,20,23,27,30,49-51,55-56H,4-7,9-10,12-13,16,19,21-22,24-26,28-29,31-48H2,1-3H3,(H,54,57)/b11-8+,17-14+,18-15-,23-20+,30-27-. The monoisotopic (exact) mass is 826 g/mol. The number of nitrogens with one attached hydrogen (secondary N) is 1. The molecule has 0 rings (SSSR count). The molecule has 6 heteroatoms. The smallest absolute Gasteiger partial charge is 0.306 e. The van der Waals surface area contributed by atoms with Crippen LogP contribution in [0.15, 0.2) is 60.8 Å². The molecule has 0 aromatic carbocycles. The number of aliphatic hydroxyl groups is 2. The van der Waals surface area contributed by atoms with E-state index in [-0.39, 0.29) is 24.9 Å². The molecular weight excluding hydrogens is 731 g/mol. The van der Waals surface area contributed by atoms with Gasteiger partial charge in [-0.25, -0.2) is 0 Å². The molecule has 0 fully saturated rings. The van der Waals surface area contributed by atoms with Crippen LogP contribution in [0.2, 0.25) is 0 Å². The van der Waals surface area contributed by atoms with Gasteiger partial charge in [0.15, 0.2) is 0 Å². The maximum atomic E-state index is 13.2. The van der Waals surface area contributed by atoms with E-state index in [1.54, 1.807) is 0 Å². The molecule has 0 aliphatic heterocycles. The van der Waals surface area contributed by atoms with Gasteiger partial charge in [-0.2, -0.15) is 0 Å². The van der Waals surface area contributed by atoms with E-state index < -0.39 is 18.2 Å². The maximum absolute atomic E-state index is 13.2. The number of rotatable bonds is 44. The van der Waals surface area contributed by atoms with Crippen LogP contribution in [0.4, 0.5) is 0 Å². The molecule has 0 heterocycles. The van der Waals surface area contributed by atoms with E-state index >= 15 is 0 Å². The van der Waals surface area contributed by atoms with E-state index in [1.165, 1.54) is 116 Å². The molecule has 0 aliphatic carbocycles. The zero-order valence-corrected chi connectivity index (χ0v) is 38.9. The van der Waals surface area contributed by atoms with Crippen molar-refractivity contribution < 1.29 is 24.5 Å². The van der Waals surface area contributed by atoms with Crippen LogP contribution in [0.25, 0.3) is 0 Å². The van der Waals surface area contributed by atoms with Gasteiger partial charge >= 0.3 is 5.97 Å². The number of carbonyl (C=O) groups excluding carboxylic acids is 2. The van der Waals surface area contributed by atoms with Crippen LogP contribution in [0, 0.1) is 0 Å². The van der Waals surface area contributed by atoms with Crippen LogP contribution in [-0.4, -0.2) is 46.9 Å². The largest absolute Gasteiger partial charge is 0.462 e. The second-order valence-electron chi connectivity index (χ2n) is 16.9. The predicted molar refractivity (Wildman–Crippen MR) is 255 cm³/mol. The number of allylic oxidation sites excluding steroid dienone is 10. The average molecular weight is 826 g/mol. The molecule has 0 saturated carbocycles. The zero-order chi connectivity index (χ0) is 43.1. The zero-order valence-electron chi connectivity index (χ0n) is 38.9. The molecule has 6 nitrogen and oxygen atoms in total. The first-order valence-corrected chi connectivity index (χ1v) is 25.1. The highest BCUT2D eigenvalue weighted by atomic mass is 16.5. The molecule has 0 spiro atoms. The molecule has 342 valence electrons.